The number of benzene rings is 1. The summed E-state index contributed by atoms with van der Waals surface area (Å²) in [6.07, 6.45) is 0.273. The number of carbonyl (C=O) groups excluding carboxylic acids is 2. The number of aromatic nitrogens is 2. The van der Waals surface area contributed by atoms with Gasteiger partial charge in [0.25, 0.3) is 17.4 Å². The van der Waals surface area contributed by atoms with E-state index in [4.69, 9.17) is 14.3 Å². The molecule has 4 rings (SSSR count). The highest BCUT2D eigenvalue weighted by Gasteiger charge is 2.53. The number of aromatic amines is 1. The molecule has 1 N–H and O–H groups in total. The number of hydrogen-bond donors (Lipinski definition) is 1. The Bertz CT molecular complexity index is 1240. The molecule has 0 saturated carbocycles. The monoisotopic (exact) mass is 501 g/mol. The smallest absolute Gasteiger partial charge is 0.330 e. The molecular weight excluding hydrogens is 470 g/mol. The first kappa shape index (κ1) is 25.2. The van der Waals surface area contributed by atoms with Gasteiger partial charge in [-0.3, -0.25) is 28.8 Å². The molecule has 2 aromatic rings. The molecule has 3 heterocycles. The van der Waals surface area contributed by atoms with Gasteiger partial charge in [-0.1, -0.05) is 25.2 Å². The van der Waals surface area contributed by atoms with E-state index in [0.29, 0.717) is 5.56 Å². The molecule has 11 heteroatoms. The van der Waals surface area contributed by atoms with Crippen LogP contribution in [-0.2, 0) is 19.7 Å². The van der Waals surface area contributed by atoms with Crippen molar-refractivity contribution in [3.8, 4) is 0 Å². The lowest BCUT2D eigenvalue weighted by Gasteiger charge is -2.35. The second kappa shape index (κ2) is 8.97. The average molecular weight is 502 g/mol. The number of nitrogens with one attached hydrogen (secondary N) is 1. The van der Waals surface area contributed by atoms with Crippen LogP contribution in [0.4, 0.5) is 0 Å². The van der Waals surface area contributed by atoms with Gasteiger partial charge in [0.15, 0.2) is 0 Å². The number of amides is 2. The van der Waals surface area contributed by atoms with E-state index in [0.717, 1.165) is 5.06 Å². The van der Waals surface area contributed by atoms with Gasteiger partial charge in [-0.25, -0.2) is 4.79 Å². The van der Waals surface area contributed by atoms with Crippen molar-refractivity contribution in [1.29, 1.82) is 0 Å². The molecule has 0 unspecified atom stereocenters. The van der Waals surface area contributed by atoms with Gasteiger partial charge in [0.05, 0.1) is 32.1 Å². The predicted molar refractivity (Wildman–Crippen MR) is 130 cm³/mol. The number of fused-ring (bicyclic) bond motifs is 1. The van der Waals surface area contributed by atoms with Crippen LogP contribution in [0.3, 0.4) is 0 Å². The van der Waals surface area contributed by atoms with Crippen LogP contribution in [0.5, 0.6) is 0 Å². The van der Waals surface area contributed by atoms with Gasteiger partial charge in [-0.15, -0.1) is 5.06 Å². The van der Waals surface area contributed by atoms with E-state index >= 15 is 0 Å². The number of nitrogens with zero attached hydrogens (tertiary/aromatic N) is 2. The van der Waals surface area contributed by atoms with Crippen molar-refractivity contribution in [1.82, 2.24) is 14.6 Å². The Morgan fingerprint density at radius 2 is 1.71 bits per heavy atom. The maximum atomic E-state index is 12.9. The third-order valence-corrected chi connectivity index (χ3v) is 8.83. The summed E-state index contributed by atoms with van der Waals surface area (Å²) in [4.78, 5) is 59.2. The average Bonchev–Trinajstić information content (AvgIpc) is 3.27. The molecule has 3 atom stereocenters. The van der Waals surface area contributed by atoms with Crippen molar-refractivity contribution < 1.29 is 23.9 Å². The van der Waals surface area contributed by atoms with E-state index in [1.54, 1.807) is 31.2 Å². The lowest BCUT2D eigenvalue weighted by atomic mass is 10.1. The van der Waals surface area contributed by atoms with Gasteiger partial charge >= 0.3 is 5.69 Å². The van der Waals surface area contributed by atoms with Crippen molar-refractivity contribution >= 4 is 20.6 Å². The maximum Gasteiger partial charge on any atom is 0.330 e. The first-order valence-electron chi connectivity index (χ1n) is 11.6. The topological polar surface area (TPSA) is 120 Å². The summed E-state index contributed by atoms with van der Waals surface area (Å²) in [6.45, 7) is 11.5. The summed E-state index contributed by atoms with van der Waals surface area (Å²) in [5.74, 6) is -1.09. The second-order valence-corrected chi connectivity index (χ2v) is 13.5. The molecular formula is C24H31N3O7Si. The summed E-state index contributed by atoms with van der Waals surface area (Å²) < 4.78 is 14.0. The molecule has 0 aliphatic carbocycles. The van der Waals surface area contributed by atoms with Crippen LogP contribution in [0.2, 0.25) is 13.1 Å². The standard InChI is InChI=1S/C24H31N3O7Si/c1-14-12-26(22(31)25-19(14)28)24(35(5)6)11-17(18(33-24)13-32-23(2,3)4)34-27-20(29)15-9-7-8-10-16(15)21(27)30/h7-10,12,17-18,35H,11,13H2,1-6H3,(H,25,28,31)/t17-,18+,24-/m0/s1. The van der Waals surface area contributed by atoms with Crippen molar-refractivity contribution in [3.05, 3.63) is 68.0 Å². The minimum atomic E-state index is -1.84. The highest BCUT2D eigenvalue weighted by Crippen LogP contribution is 2.40. The summed E-state index contributed by atoms with van der Waals surface area (Å²) in [5.41, 5.74) is -0.605. The van der Waals surface area contributed by atoms with Crippen molar-refractivity contribution in [3.63, 3.8) is 0 Å². The van der Waals surface area contributed by atoms with Crippen LogP contribution in [0, 0.1) is 6.92 Å². The molecule has 188 valence electrons. The molecule has 1 fully saturated rings. The molecule has 1 saturated heterocycles. The molecule has 1 aromatic carbocycles. The molecule has 35 heavy (non-hydrogen) atoms. The van der Waals surface area contributed by atoms with Crippen molar-refractivity contribution in [2.45, 2.75) is 70.4 Å². The van der Waals surface area contributed by atoms with Crippen molar-refractivity contribution in [2.24, 2.45) is 0 Å². The molecule has 0 radical (unpaired) electrons. The Hall–Kier alpha value is -2.86. The number of rotatable bonds is 6. The van der Waals surface area contributed by atoms with E-state index in [1.165, 1.54) is 10.8 Å². The van der Waals surface area contributed by atoms with Gasteiger partial charge in [-0.2, -0.15) is 0 Å². The van der Waals surface area contributed by atoms with Crippen LogP contribution in [-0.4, -0.2) is 59.6 Å². The van der Waals surface area contributed by atoms with E-state index in [9.17, 15) is 19.2 Å². The van der Waals surface area contributed by atoms with E-state index in [1.807, 2.05) is 33.9 Å². The third kappa shape index (κ3) is 4.56. The fraction of sp³-hybridized carbons (Fsp3) is 0.500. The quantitative estimate of drug-likeness (QED) is 0.473. The second-order valence-electron chi connectivity index (χ2n) is 10.3. The zero-order chi connectivity index (χ0) is 25.7. The Kier molecular flexibility index (Phi) is 6.47. The molecule has 10 nitrogen and oxygen atoms in total. The number of aryl methyl sites for hydroxylation is 1. The first-order chi connectivity index (χ1) is 16.3. The number of hydroxylamine groups is 2. The fourth-order valence-corrected chi connectivity index (χ4v) is 6.33. The van der Waals surface area contributed by atoms with E-state index < -0.39 is 55.0 Å². The fourth-order valence-electron chi connectivity index (χ4n) is 4.44. The predicted octanol–water partition coefficient (Wildman–Crippen LogP) is 1.72. The molecule has 0 bridgehead atoms. The highest BCUT2D eigenvalue weighted by atomic mass is 28.3. The van der Waals surface area contributed by atoms with E-state index in [-0.39, 0.29) is 24.2 Å². The largest absolute Gasteiger partial charge is 0.373 e. The SMILES string of the molecule is Cc1cn([C@@]2([SiH](C)C)C[C@H](ON3C(=O)c4ccccc4C3=O)[C@@H](COC(C)(C)C)O2)c(=O)[nH]c1=O. The number of hydrogen-bond acceptors (Lipinski definition) is 7. The van der Waals surface area contributed by atoms with Gasteiger partial charge in [0.1, 0.15) is 17.6 Å². The lowest BCUT2D eigenvalue weighted by molar-refractivity contribution is -0.169. The molecule has 1 aromatic heterocycles. The van der Waals surface area contributed by atoms with Gasteiger partial charge in [0, 0.05) is 18.2 Å². The molecule has 0 spiro atoms. The minimum absolute atomic E-state index is 0.122. The third-order valence-electron chi connectivity index (χ3n) is 6.37. The van der Waals surface area contributed by atoms with Crippen LogP contribution in [0.15, 0.2) is 40.1 Å². The molecule has 2 amide bonds. The summed E-state index contributed by atoms with van der Waals surface area (Å²) in [7, 11) is -1.84. The number of carbonyl (C=O) groups is 2. The molecule has 2 aliphatic rings. The van der Waals surface area contributed by atoms with Crippen LogP contribution >= 0.6 is 0 Å². The number of imide groups is 1. The lowest BCUT2D eigenvalue weighted by Crippen LogP contribution is -2.52. The number of H-pyrrole nitrogens is 1. The molecule has 2 aliphatic heterocycles. The summed E-state index contributed by atoms with van der Waals surface area (Å²) in [5, 5.41) is -0.289. The minimum Gasteiger partial charge on any atom is -0.373 e. The Morgan fingerprint density at radius 1 is 1.11 bits per heavy atom. The zero-order valence-corrected chi connectivity index (χ0v) is 21.9. The van der Waals surface area contributed by atoms with Gasteiger partial charge < -0.3 is 9.47 Å². The Balaban J connectivity index is 1.72. The van der Waals surface area contributed by atoms with Crippen LogP contribution < -0.4 is 11.2 Å². The Labute approximate surface area is 204 Å². The van der Waals surface area contributed by atoms with Gasteiger partial charge in [0.2, 0.25) is 0 Å². The van der Waals surface area contributed by atoms with Crippen molar-refractivity contribution in [2.75, 3.05) is 6.61 Å². The zero-order valence-electron chi connectivity index (χ0n) is 20.8. The van der Waals surface area contributed by atoms with Crippen LogP contribution in [0.25, 0.3) is 0 Å². The van der Waals surface area contributed by atoms with Crippen LogP contribution in [0.1, 0.15) is 53.5 Å². The maximum absolute atomic E-state index is 12.9. The summed E-state index contributed by atoms with van der Waals surface area (Å²) in [6, 6.07) is 6.54. The van der Waals surface area contributed by atoms with E-state index in [2.05, 4.69) is 4.98 Å². The highest BCUT2D eigenvalue weighted by molar-refractivity contribution is 6.58. The first-order valence-corrected chi connectivity index (χ1v) is 14.5. The number of ether oxygens (including phenoxy) is 2. The normalized spacial score (nSPS) is 24.5. The Morgan fingerprint density at radius 3 is 2.26 bits per heavy atom. The van der Waals surface area contributed by atoms with Gasteiger partial charge in [-0.05, 0) is 39.8 Å². The summed E-state index contributed by atoms with van der Waals surface area (Å²) >= 11 is 0.